The molecule has 0 aliphatic rings. The number of nitrogens with zero attached hydrogens (tertiary/aromatic N) is 2. The van der Waals surface area contributed by atoms with Crippen LogP contribution in [0.2, 0.25) is 5.02 Å². The van der Waals surface area contributed by atoms with E-state index in [2.05, 4.69) is 9.71 Å². The van der Waals surface area contributed by atoms with Gasteiger partial charge in [-0.1, -0.05) is 23.7 Å². The monoisotopic (exact) mass is 413 g/mol. The fourth-order valence-electron chi connectivity index (χ4n) is 2.86. The zero-order valence-electron chi connectivity index (χ0n) is 14.8. The first kappa shape index (κ1) is 18.3. The third-order valence-corrected chi connectivity index (χ3v) is 5.81. The normalized spacial score (nSPS) is 11.5. The summed E-state index contributed by atoms with van der Waals surface area (Å²) in [4.78, 5) is 4.64. The molecule has 28 heavy (non-hydrogen) atoms. The minimum atomic E-state index is -3.83. The number of benzene rings is 2. The summed E-state index contributed by atoms with van der Waals surface area (Å²) < 4.78 is 35.3. The van der Waals surface area contributed by atoms with Gasteiger partial charge in [-0.05, 0) is 48.5 Å². The van der Waals surface area contributed by atoms with Crippen LogP contribution in [0.3, 0.4) is 0 Å². The van der Waals surface area contributed by atoms with Crippen molar-refractivity contribution in [3.05, 3.63) is 78.1 Å². The van der Waals surface area contributed by atoms with E-state index in [1.807, 2.05) is 41.1 Å². The molecule has 1 N–H and O–H groups in total. The molecule has 2 aromatic carbocycles. The first-order valence-electron chi connectivity index (χ1n) is 8.37. The van der Waals surface area contributed by atoms with E-state index in [1.54, 1.807) is 24.3 Å². The van der Waals surface area contributed by atoms with Gasteiger partial charge in [0, 0.05) is 23.0 Å². The van der Waals surface area contributed by atoms with E-state index in [4.69, 9.17) is 16.3 Å². The van der Waals surface area contributed by atoms with Crippen LogP contribution in [0.5, 0.6) is 5.75 Å². The number of hydrogen-bond acceptors (Lipinski definition) is 4. The molecule has 0 amide bonds. The summed E-state index contributed by atoms with van der Waals surface area (Å²) in [5.74, 6) is 0.401. The maximum Gasteiger partial charge on any atom is 0.262 e. The van der Waals surface area contributed by atoms with Crippen molar-refractivity contribution in [1.82, 2.24) is 9.38 Å². The Kier molecular flexibility index (Phi) is 4.70. The van der Waals surface area contributed by atoms with Gasteiger partial charge in [-0.15, -0.1) is 0 Å². The molecule has 0 bridgehead atoms. The van der Waals surface area contributed by atoms with Crippen LogP contribution in [0.4, 0.5) is 5.69 Å². The molecule has 4 rings (SSSR count). The van der Waals surface area contributed by atoms with Gasteiger partial charge in [-0.3, -0.25) is 4.72 Å². The second kappa shape index (κ2) is 7.18. The third kappa shape index (κ3) is 3.54. The zero-order valence-corrected chi connectivity index (χ0v) is 16.4. The van der Waals surface area contributed by atoms with E-state index in [0.717, 1.165) is 16.9 Å². The number of aromatic nitrogens is 2. The van der Waals surface area contributed by atoms with Crippen molar-refractivity contribution in [3.8, 4) is 17.0 Å². The SMILES string of the molecule is COc1ccc(-c2cn3ccccc3n2)cc1NS(=O)(=O)c1cccc(Cl)c1. The lowest BCUT2D eigenvalue weighted by Crippen LogP contribution is -2.13. The number of anilines is 1. The van der Waals surface area contributed by atoms with E-state index in [1.165, 1.54) is 19.2 Å². The average molecular weight is 414 g/mol. The number of rotatable bonds is 5. The number of nitrogens with one attached hydrogen (secondary N) is 1. The molecule has 142 valence electrons. The second-order valence-corrected chi connectivity index (χ2v) is 8.19. The molecule has 0 spiro atoms. The Bertz CT molecular complexity index is 1240. The molecule has 4 aromatic rings. The molecule has 2 heterocycles. The standard InChI is InChI=1S/C20H16ClN3O3S/c1-27-19-9-8-14(18-13-24-10-3-2-7-20(24)22-18)11-17(19)23-28(25,26)16-6-4-5-15(21)12-16/h2-13,23H,1H3. The number of pyridine rings is 1. The number of hydrogen-bond donors (Lipinski definition) is 1. The number of methoxy groups -OCH3 is 1. The van der Waals surface area contributed by atoms with Crippen LogP contribution in [0.1, 0.15) is 0 Å². The zero-order chi connectivity index (χ0) is 19.7. The van der Waals surface area contributed by atoms with Crippen molar-refractivity contribution in [2.75, 3.05) is 11.8 Å². The number of halogens is 1. The molecule has 0 fully saturated rings. The average Bonchev–Trinajstić information content (AvgIpc) is 3.12. The van der Waals surface area contributed by atoms with E-state index in [9.17, 15) is 8.42 Å². The van der Waals surface area contributed by atoms with Crippen LogP contribution >= 0.6 is 11.6 Å². The smallest absolute Gasteiger partial charge is 0.262 e. The Balaban J connectivity index is 1.75. The number of ether oxygens (including phenoxy) is 1. The van der Waals surface area contributed by atoms with E-state index < -0.39 is 10.0 Å². The quantitative estimate of drug-likeness (QED) is 0.524. The van der Waals surface area contributed by atoms with Crippen molar-refractivity contribution in [2.24, 2.45) is 0 Å². The van der Waals surface area contributed by atoms with Crippen LogP contribution < -0.4 is 9.46 Å². The van der Waals surface area contributed by atoms with Crippen molar-refractivity contribution in [2.45, 2.75) is 4.90 Å². The molecule has 0 atom stereocenters. The molecule has 8 heteroatoms. The molecule has 0 aliphatic heterocycles. The number of fused-ring (bicyclic) bond motifs is 1. The predicted octanol–water partition coefficient (Wildman–Crippen LogP) is 4.46. The molecule has 0 saturated heterocycles. The molecular formula is C20H16ClN3O3S. The molecule has 0 unspecified atom stereocenters. The Morgan fingerprint density at radius 1 is 1.07 bits per heavy atom. The third-order valence-electron chi connectivity index (χ3n) is 4.21. The van der Waals surface area contributed by atoms with Crippen LogP contribution in [0.15, 0.2) is 78.0 Å². The summed E-state index contributed by atoms with van der Waals surface area (Å²) in [5, 5.41) is 0.341. The Hall–Kier alpha value is -3.03. The minimum absolute atomic E-state index is 0.0696. The number of imidazole rings is 1. The van der Waals surface area contributed by atoms with Gasteiger partial charge in [-0.2, -0.15) is 0 Å². The fraction of sp³-hybridized carbons (Fsp3) is 0.0500. The lowest BCUT2D eigenvalue weighted by atomic mass is 10.1. The highest BCUT2D eigenvalue weighted by molar-refractivity contribution is 7.92. The van der Waals surface area contributed by atoms with E-state index in [-0.39, 0.29) is 4.90 Å². The lowest BCUT2D eigenvalue weighted by molar-refractivity contribution is 0.417. The Labute approximate surface area is 167 Å². The molecule has 6 nitrogen and oxygen atoms in total. The van der Waals surface area contributed by atoms with Crippen LogP contribution in [0, 0.1) is 0 Å². The van der Waals surface area contributed by atoms with Crippen molar-refractivity contribution < 1.29 is 13.2 Å². The lowest BCUT2D eigenvalue weighted by Gasteiger charge is -2.13. The summed E-state index contributed by atoms with van der Waals surface area (Å²) in [6.07, 6.45) is 3.78. The maximum atomic E-state index is 12.8. The molecule has 0 aliphatic carbocycles. The summed E-state index contributed by atoms with van der Waals surface area (Å²) in [6, 6.07) is 17.0. The maximum absolute atomic E-state index is 12.8. The van der Waals surface area contributed by atoms with Gasteiger partial charge in [-0.25, -0.2) is 13.4 Å². The first-order chi connectivity index (χ1) is 13.5. The van der Waals surface area contributed by atoms with E-state index in [0.29, 0.717) is 16.5 Å². The Morgan fingerprint density at radius 3 is 2.68 bits per heavy atom. The highest BCUT2D eigenvalue weighted by atomic mass is 35.5. The number of sulfonamides is 1. The highest BCUT2D eigenvalue weighted by Gasteiger charge is 2.18. The summed E-state index contributed by atoms with van der Waals surface area (Å²) >= 11 is 5.93. The van der Waals surface area contributed by atoms with Crippen LogP contribution in [-0.2, 0) is 10.0 Å². The van der Waals surface area contributed by atoms with Crippen molar-refractivity contribution >= 4 is 33.0 Å². The van der Waals surface area contributed by atoms with Gasteiger partial charge in [0.2, 0.25) is 0 Å². The molecule has 0 saturated carbocycles. The van der Waals surface area contributed by atoms with Gasteiger partial charge < -0.3 is 9.14 Å². The van der Waals surface area contributed by atoms with Crippen molar-refractivity contribution in [3.63, 3.8) is 0 Å². The van der Waals surface area contributed by atoms with Crippen molar-refractivity contribution in [1.29, 1.82) is 0 Å². The molecular weight excluding hydrogens is 398 g/mol. The molecule has 0 radical (unpaired) electrons. The second-order valence-electron chi connectivity index (χ2n) is 6.07. The van der Waals surface area contributed by atoms with Crippen LogP contribution in [0.25, 0.3) is 16.9 Å². The predicted molar refractivity (Wildman–Crippen MR) is 109 cm³/mol. The van der Waals surface area contributed by atoms with Gasteiger partial charge in [0.25, 0.3) is 10.0 Å². The largest absolute Gasteiger partial charge is 0.495 e. The molecule has 2 aromatic heterocycles. The van der Waals surface area contributed by atoms with Gasteiger partial charge in [0.05, 0.1) is 23.4 Å². The van der Waals surface area contributed by atoms with Gasteiger partial charge in [0.1, 0.15) is 11.4 Å². The van der Waals surface area contributed by atoms with Crippen LogP contribution in [-0.4, -0.2) is 24.9 Å². The first-order valence-corrected chi connectivity index (χ1v) is 10.2. The minimum Gasteiger partial charge on any atom is -0.495 e. The Morgan fingerprint density at radius 2 is 1.93 bits per heavy atom. The van der Waals surface area contributed by atoms with E-state index >= 15 is 0 Å². The summed E-state index contributed by atoms with van der Waals surface area (Å²) in [7, 11) is -2.35. The highest BCUT2D eigenvalue weighted by Crippen LogP contribution is 2.32. The topological polar surface area (TPSA) is 72.7 Å². The van der Waals surface area contributed by atoms with Gasteiger partial charge in [0.15, 0.2) is 0 Å². The fourth-order valence-corrected chi connectivity index (χ4v) is 4.22. The summed E-state index contributed by atoms with van der Waals surface area (Å²) in [5.41, 5.74) is 2.59. The van der Waals surface area contributed by atoms with Gasteiger partial charge >= 0.3 is 0 Å². The summed E-state index contributed by atoms with van der Waals surface area (Å²) in [6.45, 7) is 0.